The lowest BCUT2D eigenvalue weighted by Crippen LogP contribution is -2.76. The molecule has 0 aromatic heterocycles. The van der Waals surface area contributed by atoms with Crippen molar-refractivity contribution in [3.8, 4) is 11.5 Å². The summed E-state index contributed by atoms with van der Waals surface area (Å²) in [6, 6.07) is 3.72. The minimum absolute atomic E-state index is 0.0143. The Balaban J connectivity index is 1.11. The van der Waals surface area contributed by atoms with E-state index in [0.29, 0.717) is 63.6 Å². The van der Waals surface area contributed by atoms with E-state index in [9.17, 15) is 14.7 Å². The molecule has 2 saturated carbocycles. The molecular weight excluding hydrogens is 506 g/mol. The van der Waals surface area contributed by atoms with Gasteiger partial charge in [-0.25, -0.2) is 0 Å². The molecule has 1 spiro atoms. The molecule has 6 rings (SSSR count). The minimum Gasteiger partial charge on any atom is -0.477 e. The first-order valence-corrected chi connectivity index (χ1v) is 14.3. The Kier molecular flexibility index (Phi) is 7.69. The van der Waals surface area contributed by atoms with Crippen molar-refractivity contribution in [3.05, 3.63) is 23.3 Å². The van der Waals surface area contributed by atoms with Crippen LogP contribution in [0.5, 0.6) is 11.5 Å². The number of nitrogens with zero attached hydrogens (tertiary/aromatic N) is 1. The number of ether oxygens (including phenoxy) is 5. The predicted octanol–water partition coefficient (Wildman–Crippen LogP) is 1.16. The second-order valence-corrected chi connectivity index (χ2v) is 11.5. The normalized spacial score (nSPS) is 30.7. The summed E-state index contributed by atoms with van der Waals surface area (Å²) in [5.74, 6) is 1.05. The van der Waals surface area contributed by atoms with E-state index in [1.807, 2.05) is 6.07 Å². The molecule has 2 aliphatic heterocycles. The number of carbonyl (C=O) groups excluding carboxylic acids is 2. The first-order chi connectivity index (χ1) is 19.0. The molecule has 39 heavy (non-hydrogen) atoms. The van der Waals surface area contributed by atoms with Crippen molar-refractivity contribution in [2.45, 2.75) is 68.1 Å². The summed E-state index contributed by atoms with van der Waals surface area (Å²) in [5, 5.41) is 21.0. The maximum Gasteiger partial charge on any atom is 0.313 e. The summed E-state index contributed by atoms with van der Waals surface area (Å²) in [7, 11) is 0. The fraction of sp³-hybridized carbons (Fsp3) is 0.724. The van der Waals surface area contributed by atoms with Crippen LogP contribution in [0.25, 0.3) is 0 Å². The molecule has 0 radical (unpaired) electrons. The van der Waals surface area contributed by atoms with Gasteiger partial charge in [0.15, 0.2) is 23.4 Å². The number of esters is 1. The van der Waals surface area contributed by atoms with Crippen LogP contribution in [-0.4, -0.2) is 104 Å². The number of Topliss-reactive ketones (excluding diaryl/α,β-unsaturated/α-hetero) is 1. The van der Waals surface area contributed by atoms with Gasteiger partial charge in [-0.1, -0.05) is 6.07 Å². The van der Waals surface area contributed by atoms with Gasteiger partial charge < -0.3 is 33.9 Å². The fourth-order valence-electron chi connectivity index (χ4n) is 7.27. The van der Waals surface area contributed by atoms with Crippen LogP contribution in [0.2, 0.25) is 0 Å². The third-order valence-electron chi connectivity index (χ3n) is 9.20. The largest absolute Gasteiger partial charge is 0.477 e. The van der Waals surface area contributed by atoms with E-state index in [-0.39, 0.29) is 38.1 Å². The Morgan fingerprint density at radius 1 is 1.05 bits per heavy atom. The highest BCUT2D eigenvalue weighted by atomic mass is 16.6. The van der Waals surface area contributed by atoms with Crippen molar-refractivity contribution in [2.24, 2.45) is 5.92 Å². The smallest absolute Gasteiger partial charge is 0.313 e. The van der Waals surface area contributed by atoms with Crippen LogP contribution in [0, 0.1) is 5.92 Å². The van der Waals surface area contributed by atoms with Gasteiger partial charge in [0.2, 0.25) is 0 Å². The van der Waals surface area contributed by atoms with Crippen LogP contribution in [0.15, 0.2) is 12.1 Å². The molecule has 3 aliphatic carbocycles. The SMILES string of the molecule is O=C(CCOCCOCCOCCO)Oc1ccc2c3c1OC1C(=O)CC[C@@]4(O)[C@@H](C2)N(CC2CC2)CC[C@]314. The molecule has 3 fully saturated rings. The highest BCUT2D eigenvalue weighted by molar-refractivity contribution is 5.90. The first-order valence-electron chi connectivity index (χ1n) is 14.3. The van der Waals surface area contributed by atoms with Crippen LogP contribution < -0.4 is 9.47 Å². The van der Waals surface area contributed by atoms with Gasteiger partial charge in [0, 0.05) is 24.6 Å². The molecule has 1 aromatic rings. The van der Waals surface area contributed by atoms with Crippen LogP contribution in [0.3, 0.4) is 0 Å². The molecule has 2 bridgehead atoms. The Hall–Kier alpha value is -2.08. The average molecular weight is 546 g/mol. The van der Waals surface area contributed by atoms with E-state index in [4.69, 9.17) is 28.8 Å². The lowest BCUT2D eigenvalue weighted by molar-refractivity contribution is -0.188. The Labute approximate surface area is 228 Å². The van der Waals surface area contributed by atoms with Crippen molar-refractivity contribution in [1.82, 2.24) is 4.90 Å². The number of piperidine rings is 1. The lowest BCUT2D eigenvalue weighted by atomic mass is 9.49. The van der Waals surface area contributed by atoms with Gasteiger partial charge in [-0.15, -0.1) is 0 Å². The number of rotatable bonds is 14. The van der Waals surface area contributed by atoms with E-state index in [1.165, 1.54) is 12.8 Å². The molecule has 10 heteroatoms. The molecule has 2 N–H and O–H groups in total. The molecule has 5 aliphatic rings. The average Bonchev–Trinajstić information content (AvgIpc) is 3.66. The van der Waals surface area contributed by atoms with E-state index in [1.54, 1.807) is 6.07 Å². The molecule has 1 unspecified atom stereocenters. The third kappa shape index (κ3) is 4.79. The maximum absolute atomic E-state index is 13.2. The highest BCUT2D eigenvalue weighted by Gasteiger charge is 2.73. The maximum atomic E-state index is 13.2. The molecule has 214 valence electrons. The molecular formula is C29H39NO9. The number of hydrogen-bond acceptors (Lipinski definition) is 10. The van der Waals surface area contributed by atoms with Crippen molar-refractivity contribution in [1.29, 1.82) is 0 Å². The Morgan fingerprint density at radius 3 is 2.54 bits per heavy atom. The lowest BCUT2D eigenvalue weighted by Gasteiger charge is -2.62. The number of hydrogen-bond donors (Lipinski definition) is 2. The topological polar surface area (TPSA) is 124 Å². The Bertz CT molecular complexity index is 1090. The van der Waals surface area contributed by atoms with E-state index in [2.05, 4.69) is 4.90 Å². The van der Waals surface area contributed by atoms with Gasteiger partial charge >= 0.3 is 5.97 Å². The third-order valence-corrected chi connectivity index (χ3v) is 9.20. The van der Waals surface area contributed by atoms with Crippen LogP contribution in [0.4, 0.5) is 0 Å². The number of ketones is 1. The number of aliphatic hydroxyl groups excluding tert-OH is 1. The zero-order valence-electron chi connectivity index (χ0n) is 22.4. The summed E-state index contributed by atoms with van der Waals surface area (Å²) < 4.78 is 28.0. The van der Waals surface area contributed by atoms with Gasteiger partial charge in [-0.3, -0.25) is 14.5 Å². The minimum atomic E-state index is -1.04. The van der Waals surface area contributed by atoms with Gasteiger partial charge in [0.25, 0.3) is 0 Å². The monoisotopic (exact) mass is 545 g/mol. The molecule has 4 atom stereocenters. The molecule has 0 amide bonds. The zero-order valence-corrected chi connectivity index (χ0v) is 22.4. The number of likely N-dealkylation sites (tertiary alicyclic amines) is 1. The van der Waals surface area contributed by atoms with Crippen LogP contribution in [0.1, 0.15) is 49.7 Å². The summed E-state index contributed by atoms with van der Waals surface area (Å²) >= 11 is 0. The van der Waals surface area contributed by atoms with E-state index < -0.39 is 23.1 Å². The summed E-state index contributed by atoms with van der Waals surface area (Å²) in [6.45, 7) is 3.83. The van der Waals surface area contributed by atoms with Crippen molar-refractivity contribution < 1.29 is 43.5 Å². The highest BCUT2D eigenvalue weighted by Crippen LogP contribution is 2.65. The standard InChI is InChI=1S/C29H39NO9/c31-10-12-36-14-16-37-15-13-35-11-6-24(33)38-22-4-3-20-17-23-29(34)7-5-21(32)27-28(29,25(20)26(22)39-27)8-9-30(23)18-19-1-2-19/h3-4,19,23,27,31,34H,1-2,5-18H2/t23-,27?,28+,29-/m1/s1. The predicted molar refractivity (Wildman–Crippen MR) is 138 cm³/mol. The number of benzene rings is 1. The summed E-state index contributed by atoms with van der Waals surface area (Å²) in [6.07, 6.45) is 3.93. The molecule has 2 heterocycles. The molecule has 1 aromatic carbocycles. The van der Waals surface area contributed by atoms with Crippen LogP contribution in [-0.2, 0) is 35.6 Å². The first kappa shape index (κ1) is 27.1. The van der Waals surface area contributed by atoms with Crippen LogP contribution >= 0.6 is 0 Å². The van der Waals surface area contributed by atoms with Gasteiger partial charge in [-0.2, -0.15) is 0 Å². The van der Waals surface area contributed by atoms with Gasteiger partial charge in [0.1, 0.15) is 0 Å². The second-order valence-electron chi connectivity index (χ2n) is 11.5. The zero-order chi connectivity index (χ0) is 27.0. The van der Waals surface area contributed by atoms with Crippen molar-refractivity contribution in [2.75, 3.05) is 59.3 Å². The van der Waals surface area contributed by atoms with E-state index in [0.717, 1.165) is 30.1 Å². The molecule has 1 saturated heterocycles. The van der Waals surface area contributed by atoms with Crippen molar-refractivity contribution in [3.63, 3.8) is 0 Å². The van der Waals surface area contributed by atoms with Gasteiger partial charge in [-0.05, 0) is 56.2 Å². The molecule has 10 nitrogen and oxygen atoms in total. The second kappa shape index (κ2) is 11.1. The number of aliphatic hydroxyl groups is 2. The summed E-state index contributed by atoms with van der Waals surface area (Å²) in [5.41, 5.74) is 0.139. The summed E-state index contributed by atoms with van der Waals surface area (Å²) in [4.78, 5) is 28.3. The van der Waals surface area contributed by atoms with E-state index >= 15 is 0 Å². The van der Waals surface area contributed by atoms with Crippen molar-refractivity contribution >= 4 is 11.8 Å². The number of carbonyl (C=O) groups is 2. The fourth-order valence-corrected chi connectivity index (χ4v) is 7.27. The quantitative estimate of drug-likeness (QED) is 0.200. The van der Waals surface area contributed by atoms with Gasteiger partial charge in [0.05, 0.1) is 63.7 Å². The Morgan fingerprint density at radius 2 is 1.79 bits per heavy atom.